The molecule has 6 heteroatoms. The lowest BCUT2D eigenvalue weighted by Crippen LogP contribution is -2.28. The van der Waals surface area contributed by atoms with Crippen molar-refractivity contribution < 1.29 is 4.79 Å². The first-order valence-electron chi connectivity index (χ1n) is 8.96. The van der Waals surface area contributed by atoms with Gasteiger partial charge in [-0.25, -0.2) is 9.97 Å². The van der Waals surface area contributed by atoms with Crippen LogP contribution in [0.15, 0.2) is 77.4 Å². The topological polar surface area (TPSA) is 54.9 Å². The Kier molecular flexibility index (Phi) is 5.69. The van der Waals surface area contributed by atoms with Crippen molar-refractivity contribution in [2.75, 3.05) is 5.75 Å². The van der Waals surface area contributed by atoms with E-state index in [-0.39, 0.29) is 11.9 Å². The van der Waals surface area contributed by atoms with Crippen molar-refractivity contribution in [3.05, 3.63) is 77.9 Å². The summed E-state index contributed by atoms with van der Waals surface area (Å²) in [7, 11) is 0. The zero-order chi connectivity index (χ0) is 19.3. The van der Waals surface area contributed by atoms with E-state index in [4.69, 9.17) is 0 Å². The Bertz CT molecular complexity index is 1080. The Morgan fingerprint density at radius 2 is 1.79 bits per heavy atom. The van der Waals surface area contributed by atoms with Gasteiger partial charge in [-0.15, -0.1) is 11.3 Å². The lowest BCUT2D eigenvalue weighted by molar-refractivity contribution is -0.119. The van der Waals surface area contributed by atoms with Crippen molar-refractivity contribution in [2.45, 2.75) is 18.0 Å². The highest BCUT2D eigenvalue weighted by atomic mass is 32.2. The molecule has 1 atom stereocenters. The summed E-state index contributed by atoms with van der Waals surface area (Å²) < 4.78 is 0. The number of carbonyl (C=O) groups excluding carboxylic acids is 1. The average molecular weight is 406 g/mol. The number of nitrogens with one attached hydrogen (secondary N) is 1. The van der Waals surface area contributed by atoms with E-state index < -0.39 is 0 Å². The first kappa shape index (κ1) is 18.7. The molecule has 0 aliphatic rings. The number of benzene rings is 2. The van der Waals surface area contributed by atoms with Gasteiger partial charge in [-0.1, -0.05) is 66.4 Å². The number of carbonyl (C=O) groups is 1. The fourth-order valence-electron chi connectivity index (χ4n) is 2.98. The van der Waals surface area contributed by atoms with Gasteiger partial charge in [-0.3, -0.25) is 4.79 Å². The number of thiophene rings is 1. The molecule has 0 saturated carbocycles. The third-order valence-corrected chi connectivity index (χ3v) is 6.29. The quantitative estimate of drug-likeness (QED) is 0.348. The number of thioether (sulfide) groups is 1. The monoisotopic (exact) mass is 405 g/mol. The second-order valence-corrected chi connectivity index (χ2v) is 8.24. The van der Waals surface area contributed by atoms with Crippen LogP contribution < -0.4 is 5.32 Å². The highest BCUT2D eigenvalue weighted by Gasteiger charge is 2.12. The number of hydrogen-bond acceptors (Lipinski definition) is 5. The molecular weight excluding hydrogens is 386 g/mol. The zero-order valence-electron chi connectivity index (χ0n) is 15.3. The van der Waals surface area contributed by atoms with Crippen LogP contribution in [-0.2, 0) is 4.79 Å². The lowest BCUT2D eigenvalue weighted by atomic mass is 10.0. The molecular formula is C22H19N3OS2. The highest BCUT2D eigenvalue weighted by Crippen LogP contribution is 2.27. The smallest absolute Gasteiger partial charge is 0.230 e. The fourth-order valence-corrected chi connectivity index (χ4v) is 4.57. The van der Waals surface area contributed by atoms with E-state index in [0.29, 0.717) is 5.75 Å². The van der Waals surface area contributed by atoms with E-state index in [9.17, 15) is 4.79 Å². The van der Waals surface area contributed by atoms with Gasteiger partial charge < -0.3 is 5.32 Å². The first-order valence-corrected chi connectivity index (χ1v) is 10.8. The summed E-state index contributed by atoms with van der Waals surface area (Å²) >= 11 is 3.02. The molecule has 28 heavy (non-hydrogen) atoms. The Hall–Kier alpha value is -2.70. The number of hydrogen-bond donors (Lipinski definition) is 1. The van der Waals surface area contributed by atoms with Crippen molar-refractivity contribution in [3.63, 3.8) is 0 Å². The molecule has 2 aromatic heterocycles. The number of nitrogens with zero attached hydrogens (tertiary/aromatic N) is 2. The fraction of sp³-hybridized carbons (Fsp3) is 0.136. The highest BCUT2D eigenvalue weighted by molar-refractivity contribution is 8.00. The second-order valence-electron chi connectivity index (χ2n) is 6.38. The largest absolute Gasteiger partial charge is 0.349 e. The Morgan fingerprint density at radius 3 is 2.57 bits per heavy atom. The van der Waals surface area contributed by atoms with Crippen LogP contribution in [0.4, 0.5) is 0 Å². The summed E-state index contributed by atoms with van der Waals surface area (Å²) in [5.41, 5.74) is 3.44. The Balaban J connectivity index is 1.36. The predicted octanol–water partition coefficient (Wildman–Crippen LogP) is 5.33. The van der Waals surface area contributed by atoms with Gasteiger partial charge in [0.2, 0.25) is 5.91 Å². The van der Waals surface area contributed by atoms with E-state index in [2.05, 4.69) is 51.7 Å². The third kappa shape index (κ3) is 4.24. The van der Waals surface area contributed by atoms with Crippen LogP contribution in [0.3, 0.4) is 0 Å². The summed E-state index contributed by atoms with van der Waals surface area (Å²) in [5, 5.41) is 6.92. The van der Waals surface area contributed by atoms with Gasteiger partial charge in [0.05, 0.1) is 11.8 Å². The molecule has 0 fully saturated rings. The van der Waals surface area contributed by atoms with E-state index in [1.54, 1.807) is 17.7 Å². The molecule has 0 aliphatic heterocycles. The molecule has 0 saturated heterocycles. The van der Waals surface area contributed by atoms with Crippen molar-refractivity contribution in [3.8, 4) is 11.1 Å². The third-order valence-electron chi connectivity index (χ3n) is 4.46. The molecule has 2 heterocycles. The summed E-state index contributed by atoms with van der Waals surface area (Å²) in [4.78, 5) is 21.9. The van der Waals surface area contributed by atoms with E-state index in [1.807, 2.05) is 36.6 Å². The van der Waals surface area contributed by atoms with Crippen molar-refractivity contribution in [1.29, 1.82) is 0 Å². The van der Waals surface area contributed by atoms with E-state index in [1.165, 1.54) is 22.9 Å². The number of amides is 1. The number of rotatable bonds is 6. The minimum atomic E-state index is -0.0514. The molecule has 4 nitrogen and oxygen atoms in total. The van der Waals surface area contributed by atoms with Gasteiger partial charge in [-0.2, -0.15) is 0 Å². The molecule has 4 rings (SSSR count). The maximum absolute atomic E-state index is 12.4. The van der Waals surface area contributed by atoms with E-state index >= 15 is 0 Å². The van der Waals surface area contributed by atoms with E-state index in [0.717, 1.165) is 20.8 Å². The van der Waals surface area contributed by atoms with Gasteiger partial charge in [0, 0.05) is 5.39 Å². The lowest BCUT2D eigenvalue weighted by Gasteiger charge is -2.15. The molecule has 1 amide bonds. The van der Waals surface area contributed by atoms with Crippen LogP contribution in [0.5, 0.6) is 0 Å². The Labute approximate surface area is 172 Å². The summed E-state index contributed by atoms with van der Waals surface area (Å²) in [6.45, 7) is 2.00. The summed E-state index contributed by atoms with van der Waals surface area (Å²) in [6, 6.07) is 20.5. The maximum atomic E-state index is 12.4. The summed E-state index contributed by atoms with van der Waals surface area (Å²) in [6.07, 6.45) is 1.55. The molecule has 0 aliphatic carbocycles. The maximum Gasteiger partial charge on any atom is 0.230 e. The van der Waals surface area contributed by atoms with Gasteiger partial charge in [-0.05, 0) is 35.1 Å². The molecule has 1 unspecified atom stereocenters. The molecule has 0 spiro atoms. The van der Waals surface area contributed by atoms with Gasteiger partial charge >= 0.3 is 0 Å². The average Bonchev–Trinajstić information content (AvgIpc) is 3.22. The minimum Gasteiger partial charge on any atom is -0.349 e. The van der Waals surface area contributed by atoms with Gasteiger partial charge in [0.15, 0.2) is 0 Å². The summed E-state index contributed by atoms with van der Waals surface area (Å²) in [5.74, 6) is 0.320. The van der Waals surface area contributed by atoms with Crippen LogP contribution in [0, 0.1) is 0 Å². The van der Waals surface area contributed by atoms with Crippen LogP contribution in [0.25, 0.3) is 21.3 Å². The first-order chi connectivity index (χ1) is 13.7. The Morgan fingerprint density at radius 1 is 1.04 bits per heavy atom. The number of fused-ring (bicyclic) bond motifs is 1. The zero-order valence-corrected chi connectivity index (χ0v) is 17.0. The van der Waals surface area contributed by atoms with Crippen LogP contribution in [0.2, 0.25) is 0 Å². The van der Waals surface area contributed by atoms with Crippen LogP contribution in [0.1, 0.15) is 18.5 Å². The van der Waals surface area contributed by atoms with Crippen molar-refractivity contribution >= 4 is 39.2 Å². The van der Waals surface area contributed by atoms with Crippen molar-refractivity contribution in [2.24, 2.45) is 0 Å². The molecule has 1 N–H and O–H groups in total. The predicted molar refractivity (Wildman–Crippen MR) is 117 cm³/mol. The molecule has 4 aromatic rings. The molecule has 0 radical (unpaired) electrons. The SMILES string of the molecule is CC(NC(=O)CSc1ncnc2sccc12)c1ccc(-c2ccccc2)cc1. The van der Waals surface area contributed by atoms with Crippen molar-refractivity contribution in [1.82, 2.24) is 15.3 Å². The minimum absolute atomic E-state index is 0.00775. The standard InChI is InChI=1S/C22H19N3OS2/c1-15(16-7-9-18(10-8-16)17-5-3-2-4-6-17)25-20(26)13-28-22-19-11-12-27-21(19)23-14-24-22/h2-12,14-15H,13H2,1H3,(H,25,26). The van der Waals surface area contributed by atoms with Gasteiger partial charge in [0.25, 0.3) is 0 Å². The normalized spacial score (nSPS) is 12.0. The van der Waals surface area contributed by atoms with Crippen LogP contribution >= 0.6 is 23.1 Å². The molecule has 0 bridgehead atoms. The van der Waals surface area contributed by atoms with Gasteiger partial charge in [0.1, 0.15) is 16.2 Å². The second kappa shape index (κ2) is 8.54. The molecule has 140 valence electrons. The molecule has 2 aromatic carbocycles. The number of aromatic nitrogens is 2. The van der Waals surface area contributed by atoms with Crippen LogP contribution in [-0.4, -0.2) is 21.6 Å².